The number of halogens is 6. The van der Waals surface area contributed by atoms with Crippen molar-refractivity contribution in [3.8, 4) is 23.0 Å². The molecule has 0 spiro atoms. The Kier molecular flexibility index (Phi) is 6.97. The van der Waals surface area contributed by atoms with Crippen molar-refractivity contribution in [2.24, 2.45) is 0 Å². The van der Waals surface area contributed by atoms with Gasteiger partial charge in [0.05, 0.1) is 11.1 Å². The molecule has 0 fully saturated rings. The van der Waals surface area contributed by atoms with Crippen LogP contribution in [0.25, 0.3) is 21.9 Å². The summed E-state index contributed by atoms with van der Waals surface area (Å²) >= 11 is 0. The summed E-state index contributed by atoms with van der Waals surface area (Å²) in [6.45, 7) is 1.84. The highest BCUT2D eigenvalue weighted by molar-refractivity contribution is 5.84. The van der Waals surface area contributed by atoms with Crippen LogP contribution < -0.4 is 0 Å². The van der Waals surface area contributed by atoms with Crippen LogP contribution in [0.15, 0.2) is 66.7 Å². The molecule has 176 valence electrons. The molecule has 0 bridgehead atoms. The SMILES string of the molecule is C/C=C/CCc1cc(F)c(-c2cc(F)c(C#Cc3ccc4c(F)c(F)ccc4c3)c(F)c2)c(F)c1. The van der Waals surface area contributed by atoms with E-state index in [4.69, 9.17) is 0 Å². The molecule has 0 aliphatic heterocycles. The summed E-state index contributed by atoms with van der Waals surface area (Å²) < 4.78 is 85.9. The fourth-order valence-electron chi connectivity index (χ4n) is 3.78. The van der Waals surface area contributed by atoms with Gasteiger partial charge in [-0.2, -0.15) is 0 Å². The molecule has 0 atom stereocenters. The minimum absolute atomic E-state index is 0.0502. The molecule has 0 aromatic heterocycles. The third kappa shape index (κ3) is 5.09. The van der Waals surface area contributed by atoms with Gasteiger partial charge in [0, 0.05) is 10.9 Å². The van der Waals surface area contributed by atoms with Crippen LogP contribution in [0.2, 0.25) is 0 Å². The van der Waals surface area contributed by atoms with Crippen molar-refractivity contribution in [3.63, 3.8) is 0 Å². The molecule has 35 heavy (non-hydrogen) atoms. The fraction of sp³-hybridized carbons (Fsp3) is 0.103. The van der Waals surface area contributed by atoms with Crippen LogP contribution in [0.3, 0.4) is 0 Å². The van der Waals surface area contributed by atoms with Gasteiger partial charge in [-0.1, -0.05) is 36.1 Å². The molecule has 0 heterocycles. The third-order valence-corrected chi connectivity index (χ3v) is 5.51. The Labute approximate surface area is 198 Å². The van der Waals surface area contributed by atoms with E-state index in [1.807, 2.05) is 19.1 Å². The molecule has 4 rings (SSSR count). The van der Waals surface area contributed by atoms with E-state index in [2.05, 4.69) is 11.8 Å². The Balaban J connectivity index is 1.66. The van der Waals surface area contributed by atoms with Gasteiger partial charge in [-0.25, -0.2) is 26.3 Å². The molecule has 0 aliphatic rings. The fourth-order valence-corrected chi connectivity index (χ4v) is 3.78. The maximum Gasteiger partial charge on any atom is 0.166 e. The smallest absolute Gasteiger partial charge is 0.166 e. The molecule has 0 unspecified atom stereocenters. The van der Waals surface area contributed by atoms with E-state index >= 15 is 0 Å². The topological polar surface area (TPSA) is 0 Å². The van der Waals surface area contributed by atoms with Crippen LogP contribution in [0.1, 0.15) is 30.0 Å². The summed E-state index contributed by atoms with van der Waals surface area (Å²) in [6, 6.07) is 10.5. The van der Waals surface area contributed by atoms with E-state index < -0.39 is 46.0 Å². The zero-order valence-corrected chi connectivity index (χ0v) is 18.5. The molecule has 4 aromatic rings. The highest BCUT2D eigenvalue weighted by atomic mass is 19.2. The van der Waals surface area contributed by atoms with E-state index in [0.717, 1.165) is 30.3 Å². The van der Waals surface area contributed by atoms with Gasteiger partial charge in [-0.15, -0.1) is 0 Å². The number of hydrogen-bond acceptors (Lipinski definition) is 0. The number of fused-ring (bicyclic) bond motifs is 1. The Bertz CT molecular complexity index is 1480. The molecule has 0 N–H and O–H groups in total. The van der Waals surface area contributed by atoms with Gasteiger partial charge < -0.3 is 0 Å². The van der Waals surface area contributed by atoms with Gasteiger partial charge in [-0.05, 0) is 78.7 Å². The van der Waals surface area contributed by atoms with Crippen molar-refractivity contribution >= 4 is 10.8 Å². The number of benzene rings is 4. The highest BCUT2D eigenvalue weighted by Crippen LogP contribution is 2.30. The average Bonchev–Trinajstić information content (AvgIpc) is 2.81. The minimum Gasteiger partial charge on any atom is -0.206 e. The van der Waals surface area contributed by atoms with Gasteiger partial charge in [0.25, 0.3) is 0 Å². The molecule has 4 aromatic carbocycles. The largest absolute Gasteiger partial charge is 0.206 e. The summed E-state index contributed by atoms with van der Waals surface area (Å²) in [7, 11) is 0. The highest BCUT2D eigenvalue weighted by Gasteiger charge is 2.18. The molecular weight excluding hydrogens is 462 g/mol. The Hall–Kier alpha value is -3.98. The number of allylic oxidation sites excluding steroid dienone is 2. The van der Waals surface area contributed by atoms with E-state index in [-0.39, 0.29) is 10.9 Å². The van der Waals surface area contributed by atoms with Crippen LogP contribution in [0, 0.1) is 46.7 Å². The zero-order valence-electron chi connectivity index (χ0n) is 18.5. The maximum absolute atomic E-state index is 14.7. The first-order valence-corrected chi connectivity index (χ1v) is 10.8. The second kappa shape index (κ2) is 10.1. The lowest BCUT2D eigenvalue weighted by Gasteiger charge is -2.10. The molecule has 0 radical (unpaired) electrons. The van der Waals surface area contributed by atoms with Gasteiger partial charge in [0.15, 0.2) is 11.6 Å². The standard InChI is InChI=1S/C29H18F6/c1-2-3-4-5-18-13-26(33)28(27(34)14-18)20-15-24(31)22(25(32)16-20)10-7-17-6-9-21-19(12-17)8-11-23(30)29(21)35/h2-3,6,8-9,11-16H,4-5H2,1H3/b3-2+. The van der Waals surface area contributed by atoms with Crippen LogP contribution in [-0.4, -0.2) is 0 Å². The van der Waals surface area contributed by atoms with Crippen LogP contribution in [0.4, 0.5) is 26.3 Å². The first-order chi connectivity index (χ1) is 16.8. The second-order valence-electron chi connectivity index (χ2n) is 7.90. The number of hydrogen-bond donors (Lipinski definition) is 0. The van der Waals surface area contributed by atoms with Crippen molar-refractivity contribution in [1.29, 1.82) is 0 Å². The quantitative estimate of drug-likeness (QED) is 0.157. The zero-order chi connectivity index (χ0) is 25.1. The molecule has 6 heteroatoms. The summed E-state index contributed by atoms with van der Waals surface area (Å²) in [5, 5.41) is 0.418. The summed E-state index contributed by atoms with van der Waals surface area (Å²) in [5.74, 6) is -1.04. The lowest BCUT2D eigenvalue weighted by Crippen LogP contribution is -1.98. The van der Waals surface area contributed by atoms with Crippen molar-refractivity contribution in [1.82, 2.24) is 0 Å². The van der Waals surface area contributed by atoms with Crippen molar-refractivity contribution in [2.75, 3.05) is 0 Å². The monoisotopic (exact) mass is 480 g/mol. The van der Waals surface area contributed by atoms with Crippen LogP contribution >= 0.6 is 0 Å². The number of aryl methyl sites for hydroxylation is 1. The minimum atomic E-state index is -1.09. The van der Waals surface area contributed by atoms with Gasteiger partial charge in [-0.3, -0.25) is 0 Å². The van der Waals surface area contributed by atoms with Crippen molar-refractivity contribution < 1.29 is 26.3 Å². The van der Waals surface area contributed by atoms with Gasteiger partial charge in [0.1, 0.15) is 23.3 Å². The average molecular weight is 480 g/mol. The summed E-state index contributed by atoms with van der Waals surface area (Å²) in [6.07, 6.45) is 4.72. The van der Waals surface area contributed by atoms with Crippen molar-refractivity contribution in [3.05, 3.63) is 118 Å². The van der Waals surface area contributed by atoms with E-state index in [1.54, 1.807) is 0 Å². The van der Waals surface area contributed by atoms with Crippen molar-refractivity contribution in [2.45, 2.75) is 19.8 Å². The summed E-state index contributed by atoms with van der Waals surface area (Å²) in [5.41, 5.74) is -0.646. The molecular formula is C29H18F6. The molecule has 0 saturated heterocycles. The predicted molar refractivity (Wildman–Crippen MR) is 125 cm³/mol. The van der Waals surface area contributed by atoms with E-state index in [1.165, 1.54) is 24.3 Å². The molecule has 0 amide bonds. The number of rotatable bonds is 4. The van der Waals surface area contributed by atoms with E-state index in [0.29, 0.717) is 29.4 Å². The molecule has 0 aliphatic carbocycles. The second-order valence-corrected chi connectivity index (χ2v) is 7.90. The Morgan fingerprint density at radius 3 is 2.06 bits per heavy atom. The lowest BCUT2D eigenvalue weighted by atomic mass is 9.98. The molecule has 0 nitrogen and oxygen atoms in total. The van der Waals surface area contributed by atoms with Gasteiger partial charge in [0.2, 0.25) is 0 Å². The van der Waals surface area contributed by atoms with Crippen LogP contribution in [-0.2, 0) is 6.42 Å². The Morgan fingerprint density at radius 1 is 0.714 bits per heavy atom. The third-order valence-electron chi connectivity index (χ3n) is 5.51. The Morgan fingerprint density at radius 2 is 1.40 bits per heavy atom. The lowest BCUT2D eigenvalue weighted by molar-refractivity contribution is 0.517. The first kappa shape index (κ1) is 24.2. The first-order valence-electron chi connectivity index (χ1n) is 10.8. The van der Waals surface area contributed by atoms with E-state index in [9.17, 15) is 26.3 Å². The van der Waals surface area contributed by atoms with Crippen LogP contribution in [0.5, 0.6) is 0 Å². The summed E-state index contributed by atoms with van der Waals surface area (Å²) in [4.78, 5) is 0. The maximum atomic E-state index is 14.7. The van der Waals surface area contributed by atoms with Gasteiger partial charge >= 0.3 is 0 Å². The molecule has 0 saturated carbocycles. The predicted octanol–water partition coefficient (Wildman–Crippen LogP) is 8.25. The normalized spacial score (nSPS) is 11.2.